The van der Waals surface area contributed by atoms with Gasteiger partial charge in [0, 0.05) is 25.5 Å². The fraction of sp³-hybridized carbons (Fsp3) is 0.200. The maximum absolute atomic E-state index is 3.30. The highest BCUT2D eigenvalue weighted by Gasteiger charge is 2.09. The Hall–Kier alpha value is -1.96. The summed E-state index contributed by atoms with van der Waals surface area (Å²) in [4.78, 5) is 2.23. The van der Waals surface area contributed by atoms with Crippen LogP contribution in [0.4, 0.5) is 0 Å². The Morgan fingerprint density at radius 1 is 1.18 bits per heavy atom. The lowest BCUT2D eigenvalue weighted by Gasteiger charge is -2.24. The van der Waals surface area contributed by atoms with Crippen LogP contribution in [0.3, 0.4) is 0 Å². The first-order valence-electron chi connectivity index (χ1n) is 5.87. The van der Waals surface area contributed by atoms with E-state index in [0.29, 0.717) is 0 Å². The van der Waals surface area contributed by atoms with E-state index in [4.69, 9.17) is 0 Å². The van der Waals surface area contributed by atoms with Crippen LogP contribution in [0.5, 0.6) is 0 Å². The Balaban J connectivity index is 2.33. The molecule has 1 aromatic rings. The zero-order valence-electron chi connectivity index (χ0n) is 10.4. The van der Waals surface area contributed by atoms with Gasteiger partial charge in [0.1, 0.15) is 0 Å². The normalized spacial score (nSPS) is 15.8. The van der Waals surface area contributed by atoms with Gasteiger partial charge in [0.15, 0.2) is 0 Å². The zero-order chi connectivity index (χ0) is 12.1. The Labute approximate surface area is 103 Å². The average Bonchev–Trinajstić information content (AvgIpc) is 2.42. The van der Waals surface area contributed by atoms with Gasteiger partial charge in [-0.05, 0) is 18.6 Å². The van der Waals surface area contributed by atoms with Crippen molar-refractivity contribution < 1.29 is 0 Å². The molecule has 0 saturated carbocycles. The highest BCUT2D eigenvalue weighted by Crippen LogP contribution is 2.19. The SMILES string of the molecule is CN/C(=C(/C)N1C=CC=CC1)c1ccccc1. The van der Waals surface area contributed by atoms with Crippen LogP contribution in [0.15, 0.2) is 60.5 Å². The number of nitrogens with one attached hydrogen (secondary N) is 1. The lowest BCUT2D eigenvalue weighted by molar-refractivity contribution is 0.512. The summed E-state index contributed by atoms with van der Waals surface area (Å²) in [6.45, 7) is 3.07. The molecule has 0 spiro atoms. The summed E-state index contributed by atoms with van der Waals surface area (Å²) < 4.78 is 0. The molecule has 0 amide bonds. The van der Waals surface area contributed by atoms with Crippen LogP contribution in [-0.4, -0.2) is 18.5 Å². The van der Waals surface area contributed by atoms with Crippen LogP contribution in [-0.2, 0) is 0 Å². The predicted molar refractivity (Wildman–Crippen MR) is 73.1 cm³/mol. The molecule has 2 rings (SSSR count). The molecule has 17 heavy (non-hydrogen) atoms. The van der Waals surface area contributed by atoms with Crippen LogP contribution >= 0.6 is 0 Å². The third-order valence-corrected chi connectivity index (χ3v) is 2.92. The highest BCUT2D eigenvalue weighted by molar-refractivity contribution is 5.66. The first kappa shape index (κ1) is 11.5. The maximum Gasteiger partial charge on any atom is 0.0606 e. The van der Waals surface area contributed by atoms with Gasteiger partial charge >= 0.3 is 0 Å². The van der Waals surface area contributed by atoms with Gasteiger partial charge in [0.25, 0.3) is 0 Å². The van der Waals surface area contributed by atoms with Gasteiger partial charge in [-0.3, -0.25) is 0 Å². The minimum absolute atomic E-state index is 0.931. The molecular weight excluding hydrogens is 208 g/mol. The van der Waals surface area contributed by atoms with E-state index in [0.717, 1.165) is 6.54 Å². The van der Waals surface area contributed by atoms with Gasteiger partial charge in [0.05, 0.1) is 5.70 Å². The molecule has 2 heteroatoms. The lowest BCUT2D eigenvalue weighted by atomic mass is 10.1. The molecule has 0 aromatic heterocycles. The van der Waals surface area contributed by atoms with Crippen LogP contribution in [0.25, 0.3) is 5.70 Å². The lowest BCUT2D eigenvalue weighted by Crippen LogP contribution is -2.21. The fourth-order valence-corrected chi connectivity index (χ4v) is 2.00. The van der Waals surface area contributed by atoms with Crippen molar-refractivity contribution in [3.8, 4) is 0 Å². The monoisotopic (exact) mass is 226 g/mol. The first-order chi connectivity index (χ1) is 8.33. The minimum Gasteiger partial charge on any atom is -0.386 e. The molecule has 1 aromatic carbocycles. The standard InChI is InChI=1S/C15H18N2/c1-13(17-11-7-4-8-12-17)15(16-2)14-9-5-3-6-10-14/h3-11,16H,12H2,1-2H3/b15-13-. The number of benzene rings is 1. The van der Waals surface area contributed by atoms with Crippen molar-refractivity contribution in [1.29, 1.82) is 0 Å². The van der Waals surface area contributed by atoms with Crippen molar-refractivity contribution in [3.63, 3.8) is 0 Å². The number of nitrogens with zero attached hydrogens (tertiary/aromatic N) is 1. The van der Waals surface area contributed by atoms with Crippen LogP contribution in [0.1, 0.15) is 12.5 Å². The molecule has 1 aliphatic rings. The molecule has 1 heterocycles. The molecule has 2 nitrogen and oxygen atoms in total. The molecular formula is C15H18N2. The van der Waals surface area contributed by atoms with Gasteiger partial charge in [-0.2, -0.15) is 0 Å². The third kappa shape index (κ3) is 2.59. The number of hydrogen-bond donors (Lipinski definition) is 1. The van der Waals surface area contributed by atoms with Crippen molar-refractivity contribution >= 4 is 5.70 Å². The number of rotatable bonds is 3. The Morgan fingerprint density at radius 2 is 1.94 bits per heavy atom. The van der Waals surface area contributed by atoms with E-state index in [1.54, 1.807) is 0 Å². The van der Waals surface area contributed by atoms with E-state index in [9.17, 15) is 0 Å². The molecule has 0 unspecified atom stereocenters. The fourth-order valence-electron chi connectivity index (χ4n) is 2.00. The average molecular weight is 226 g/mol. The molecule has 0 atom stereocenters. The molecule has 0 radical (unpaired) electrons. The van der Waals surface area contributed by atoms with Crippen LogP contribution in [0, 0.1) is 0 Å². The van der Waals surface area contributed by atoms with Crippen LogP contribution in [0.2, 0.25) is 0 Å². The second kappa shape index (κ2) is 5.39. The summed E-state index contributed by atoms with van der Waals surface area (Å²) in [5.74, 6) is 0. The third-order valence-electron chi connectivity index (χ3n) is 2.92. The van der Waals surface area contributed by atoms with E-state index < -0.39 is 0 Å². The highest BCUT2D eigenvalue weighted by atomic mass is 15.1. The minimum atomic E-state index is 0.931. The predicted octanol–water partition coefficient (Wildman–Crippen LogP) is 2.98. The summed E-state index contributed by atoms with van der Waals surface area (Å²) in [6, 6.07) is 10.4. The van der Waals surface area contributed by atoms with Gasteiger partial charge in [-0.1, -0.05) is 42.5 Å². The summed E-state index contributed by atoms with van der Waals surface area (Å²) in [7, 11) is 1.97. The van der Waals surface area contributed by atoms with Gasteiger partial charge in [0.2, 0.25) is 0 Å². The van der Waals surface area contributed by atoms with Gasteiger partial charge in [-0.25, -0.2) is 0 Å². The zero-order valence-corrected chi connectivity index (χ0v) is 10.4. The summed E-state index contributed by atoms with van der Waals surface area (Å²) in [5.41, 5.74) is 3.63. The topological polar surface area (TPSA) is 15.3 Å². The van der Waals surface area contributed by atoms with Crippen molar-refractivity contribution in [2.24, 2.45) is 0 Å². The number of allylic oxidation sites excluding steroid dienone is 3. The largest absolute Gasteiger partial charge is 0.386 e. The van der Waals surface area contributed by atoms with Crippen molar-refractivity contribution in [3.05, 3.63) is 66.0 Å². The molecule has 88 valence electrons. The summed E-state index contributed by atoms with van der Waals surface area (Å²) >= 11 is 0. The molecule has 0 saturated heterocycles. The van der Waals surface area contributed by atoms with Crippen LogP contribution < -0.4 is 5.32 Å². The molecule has 1 N–H and O–H groups in total. The summed E-state index contributed by atoms with van der Waals surface area (Å²) in [5, 5.41) is 3.30. The molecule has 0 aliphatic carbocycles. The second-order valence-corrected chi connectivity index (χ2v) is 4.00. The van der Waals surface area contributed by atoms with Gasteiger partial charge in [-0.15, -0.1) is 0 Å². The van der Waals surface area contributed by atoms with E-state index >= 15 is 0 Å². The van der Waals surface area contributed by atoms with E-state index in [2.05, 4.69) is 65.8 Å². The maximum atomic E-state index is 3.30. The Kier molecular flexibility index (Phi) is 3.66. The van der Waals surface area contributed by atoms with Crippen molar-refractivity contribution in [1.82, 2.24) is 10.2 Å². The first-order valence-corrected chi connectivity index (χ1v) is 5.87. The van der Waals surface area contributed by atoms with E-state index in [-0.39, 0.29) is 0 Å². The number of hydrogen-bond acceptors (Lipinski definition) is 2. The van der Waals surface area contributed by atoms with Crippen molar-refractivity contribution in [2.45, 2.75) is 6.92 Å². The Bertz CT molecular complexity index is 455. The smallest absolute Gasteiger partial charge is 0.0606 e. The summed E-state index contributed by atoms with van der Waals surface area (Å²) in [6.07, 6.45) is 8.40. The van der Waals surface area contributed by atoms with Crippen molar-refractivity contribution in [2.75, 3.05) is 13.6 Å². The molecule has 0 bridgehead atoms. The van der Waals surface area contributed by atoms with Gasteiger partial charge < -0.3 is 10.2 Å². The quantitative estimate of drug-likeness (QED) is 0.852. The van der Waals surface area contributed by atoms with E-state index in [1.165, 1.54) is 17.0 Å². The Morgan fingerprint density at radius 3 is 2.53 bits per heavy atom. The molecule has 0 fully saturated rings. The second-order valence-electron chi connectivity index (χ2n) is 4.00. The molecule has 1 aliphatic heterocycles. The van der Waals surface area contributed by atoms with E-state index in [1.807, 2.05) is 13.1 Å².